The summed E-state index contributed by atoms with van der Waals surface area (Å²) in [6, 6.07) is 8.03. The van der Waals surface area contributed by atoms with Crippen molar-refractivity contribution in [2.24, 2.45) is 0 Å². The first kappa shape index (κ1) is 25.6. The number of aromatic nitrogens is 3. The molecule has 1 aromatic carbocycles. The summed E-state index contributed by atoms with van der Waals surface area (Å²) in [5, 5.41) is 15.8. The molecule has 0 unspecified atom stereocenters. The van der Waals surface area contributed by atoms with Gasteiger partial charge in [-0.3, -0.25) is 9.48 Å². The van der Waals surface area contributed by atoms with Crippen LogP contribution in [-0.2, 0) is 13.1 Å². The van der Waals surface area contributed by atoms with E-state index < -0.39 is 11.9 Å². The number of amides is 1. The van der Waals surface area contributed by atoms with Crippen molar-refractivity contribution >= 4 is 27.7 Å². The molecule has 0 spiro atoms. The van der Waals surface area contributed by atoms with E-state index in [1.54, 1.807) is 30.9 Å². The van der Waals surface area contributed by atoms with Gasteiger partial charge in [0.15, 0.2) is 11.6 Å². The van der Waals surface area contributed by atoms with E-state index in [-0.39, 0.29) is 24.0 Å². The van der Waals surface area contributed by atoms with Crippen molar-refractivity contribution in [2.75, 3.05) is 18.1 Å². The third kappa shape index (κ3) is 5.21. The van der Waals surface area contributed by atoms with Gasteiger partial charge in [0.25, 0.3) is 5.91 Å². The number of unbranched alkanes of at least 4 members (excludes halogenated alkanes) is 3. The molecule has 10 heteroatoms. The van der Waals surface area contributed by atoms with Gasteiger partial charge in [0.1, 0.15) is 23.7 Å². The quantitative estimate of drug-likeness (QED) is 0.330. The Hall–Kier alpha value is -3.45. The number of ether oxygens (including phenoxy) is 1. The third-order valence-electron chi connectivity index (χ3n) is 6.27. The van der Waals surface area contributed by atoms with Crippen LogP contribution >= 0.6 is 15.9 Å². The Morgan fingerprint density at radius 2 is 2.06 bits per heavy atom. The van der Waals surface area contributed by atoms with E-state index in [9.17, 15) is 14.4 Å². The molecule has 1 amide bonds. The van der Waals surface area contributed by atoms with Gasteiger partial charge in [0.05, 0.1) is 12.2 Å². The maximum absolute atomic E-state index is 14.1. The molecule has 0 radical (unpaired) electrons. The monoisotopic (exact) mass is 554 g/mol. The Morgan fingerprint density at radius 3 is 2.81 bits per heavy atom. The summed E-state index contributed by atoms with van der Waals surface area (Å²) in [4.78, 5) is 19.2. The van der Waals surface area contributed by atoms with Crippen molar-refractivity contribution in [3.8, 4) is 22.9 Å². The summed E-state index contributed by atoms with van der Waals surface area (Å²) in [5.74, 6) is -0.329. The molecule has 36 heavy (non-hydrogen) atoms. The van der Waals surface area contributed by atoms with Crippen LogP contribution in [-0.4, -0.2) is 37.9 Å². The second-order valence-corrected chi connectivity index (χ2v) is 9.66. The zero-order valence-corrected chi connectivity index (χ0v) is 21.9. The van der Waals surface area contributed by atoms with Crippen LogP contribution < -0.4 is 10.5 Å². The molecule has 4 rings (SSSR count). The van der Waals surface area contributed by atoms with Crippen LogP contribution in [0.3, 0.4) is 0 Å². The van der Waals surface area contributed by atoms with Gasteiger partial charge in [-0.1, -0.05) is 28.8 Å². The molecule has 3 heterocycles. The van der Waals surface area contributed by atoms with E-state index >= 15 is 0 Å². The number of carbonyl (C=O) groups is 1. The number of nitriles is 1. The van der Waals surface area contributed by atoms with Crippen molar-refractivity contribution in [1.29, 1.82) is 5.26 Å². The van der Waals surface area contributed by atoms with Crippen molar-refractivity contribution < 1.29 is 13.9 Å². The molecule has 188 valence electrons. The lowest BCUT2D eigenvalue weighted by Gasteiger charge is -2.23. The van der Waals surface area contributed by atoms with Crippen molar-refractivity contribution in [1.82, 2.24) is 19.7 Å². The average molecular weight is 555 g/mol. The van der Waals surface area contributed by atoms with E-state index in [4.69, 9.17) is 15.6 Å². The molecule has 2 aromatic heterocycles. The van der Waals surface area contributed by atoms with Crippen molar-refractivity contribution in [3.63, 3.8) is 0 Å². The number of anilines is 1. The minimum atomic E-state index is -0.677. The summed E-state index contributed by atoms with van der Waals surface area (Å²) in [6.07, 6.45) is 4.98. The van der Waals surface area contributed by atoms with Crippen molar-refractivity contribution in [2.45, 2.75) is 51.8 Å². The van der Waals surface area contributed by atoms with Gasteiger partial charge in [-0.2, -0.15) is 10.4 Å². The summed E-state index contributed by atoms with van der Waals surface area (Å²) >= 11 is 3.45. The highest BCUT2D eigenvalue weighted by molar-refractivity contribution is 9.09. The molecule has 3 aromatic rings. The largest absolute Gasteiger partial charge is 0.482 e. The molecule has 0 saturated heterocycles. The Morgan fingerprint density at radius 1 is 1.28 bits per heavy atom. The number of nitrogens with zero attached hydrogens (tertiary/aromatic N) is 5. The topological polar surface area (TPSA) is 110 Å². The van der Waals surface area contributed by atoms with Crippen LogP contribution in [0.5, 0.6) is 5.75 Å². The van der Waals surface area contributed by atoms with Crippen LogP contribution in [0.15, 0.2) is 30.5 Å². The van der Waals surface area contributed by atoms with E-state index in [2.05, 4.69) is 27.0 Å². The fourth-order valence-corrected chi connectivity index (χ4v) is 4.81. The molecule has 0 aliphatic carbocycles. The first-order chi connectivity index (χ1) is 17.3. The Bertz CT molecular complexity index is 1320. The number of rotatable bonds is 6. The normalized spacial score (nSPS) is 15.2. The molecule has 2 bridgehead atoms. The lowest BCUT2D eigenvalue weighted by atomic mass is 10.00. The number of fused-ring (bicyclic) bond motifs is 5. The Labute approximate surface area is 218 Å². The first-order valence-electron chi connectivity index (χ1n) is 11.9. The molecular weight excluding hydrogens is 527 g/mol. The molecular formula is C26H28BrFN6O2. The Kier molecular flexibility index (Phi) is 7.89. The summed E-state index contributed by atoms with van der Waals surface area (Å²) in [6.45, 7) is 2.47. The lowest BCUT2D eigenvalue weighted by molar-refractivity contribution is 0.0778. The second-order valence-electron chi connectivity index (χ2n) is 8.87. The highest BCUT2D eigenvalue weighted by atomic mass is 79.9. The number of hydrogen-bond donors (Lipinski definition) is 1. The minimum absolute atomic E-state index is 0.156. The number of aryl methyl sites for hydroxylation is 1. The number of benzene rings is 1. The molecule has 1 atom stereocenters. The van der Waals surface area contributed by atoms with Crippen LogP contribution in [0.4, 0.5) is 10.2 Å². The molecule has 2 N–H and O–H groups in total. The van der Waals surface area contributed by atoms with E-state index in [1.165, 1.54) is 23.1 Å². The third-order valence-corrected chi connectivity index (χ3v) is 6.83. The van der Waals surface area contributed by atoms with Gasteiger partial charge >= 0.3 is 0 Å². The fourth-order valence-electron chi connectivity index (χ4n) is 4.42. The number of alkyl halides is 1. The molecule has 1 aliphatic rings. The summed E-state index contributed by atoms with van der Waals surface area (Å²) < 4.78 is 21.9. The van der Waals surface area contributed by atoms with Gasteiger partial charge in [-0.25, -0.2) is 9.37 Å². The average Bonchev–Trinajstić information content (AvgIpc) is 3.20. The second kappa shape index (κ2) is 11.1. The van der Waals surface area contributed by atoms with Gasteiger partial charge in [0, 0.05) is 47.4 Å². The van der Waals surface area contributed by atoms with Crippen LogP contribution in [0.2, 0.25) is 0 Å². The zero-order chi connectivity index (χ0) is 25.8. The first-order valence-corrected chi connectivity index (χ1v) is 13.0. The van der Waals surface area contributed by atoms with E-state index in [0.29, 0.717) is 40.2 Å². The summed E-state index contributed by atoms with van der Waals surface area (Å²) in [5.41, 5.74) is 9.01. The lowest BCUT2D eigenvalue weighted by Crippen LogP contribution is -2.28. The van der Waals surface area contributed by atoms with Crippen molar-refractivity contribution in [3.05, 3.63) is 58.8 Å². The maximum Gasteiger partial charge on any atom is 0.254 e. The Balaban J connectivity index is 1.83. The number of halogens is 2. The number of hydrogen-bond acceptors (Lipinski definition) is 6. The predicted molar refractivity (Wildman–Crippen MR) is 138 cm³/mol. The van der Waals surface area contributed by atoms with E-state index in [0.717, 1.165) is 31.0 Å². The van der Waals surface area contributed by atoms with Gasteiger partial charge in [0.2, 0.25) is 0 Å². The van der Waals surface area contributed by atoms with E-state index in [1.807, 2.05) is 0 Å². The van der Waals surface area contributed by atoms with Gasteiger partial charge in [-0.15, -0.1) is 0 Å². The maximum atomic E-state index is 14.1. The fraction of sp³-hybridized carbons (Fsp3) is 0.385. The number of nitrogens with two attached hydrogens (primary N) is 1. The molecule has 0 saturated carbocycles. The van der Waals surface area contributed by atoms with Crippen LogP contribution in [0.1, 0.15) is 66.0 Å². The van der Waals surface area contributed by atoms with Crippen LogP contribution in [0.25, 0.3) is 11.1 Å². The molecule has 1 aliphatic heterocycles. The SMILES string of the molecule is C[C@H]1Oc2cc(cnc2N)-c2c(nn(CCCCCCBr)c2C#N)CN(C)C(=O)c2ccc(F)cc21. The minimum Gasteiger partial charge on any atom is -0.482 e. The van der Waals surface area contributed by atoms with Crippen LogP contribution in [0, 0.1) is 17.1 Å². The summed E-state index contributed by atoms with van der Waals surface area (Å²) in [7, 11) is 1.66. The van der Waals surface area contributed by atoms with Gasteiger partial charge in [-0.05, 0) is 44.0 Å². The highest BCUT2D eigenvalue weighted by Crippen LogP contribution is 2.36. The highest BCUT2D eigenvalue weighted by Gasteiger charge is 2.27. The zero-order valence-electron chi connectivity index (χ0n) is 20.3. The predicted octanol–water partition coefficient (Wildman–Crippen LogP) is 5.22. The molecule has 8 nitrogen and oxygen atoms in total. The number of nitrogen functional groups attached to an aromatic ring is 1. The molecule has 0 fully saturated rings. The smallest absolute Gasteiger partial charge is 0.254 e. The number of pyridine rings is 1. The van der Waals surface area contributed by atoms with Gasteiger partial charge < -0.3 is 15.4 Å². The number of carbonyl (C=O) groups excluding carboxylic acids is 1. The standard InChI is InChI=1S/C26H28BrFN6O2/c1-16-20-12-18(28)7-8-19(20)26(35)33(2)15-21-24(17-11-23(36-16)25(30)31-14-17)22(13-29)34(32-21)10-6-4-3-5-9-27/h7-8,11-12,14,16H,3-6,9-10,15H2,1-2H3,(H2,30,31)/t16-/m1/s1.